The Morgan fingerprint density at radius 3 is 1.36 bits per heavy atom. The van der Waals surface area contributed by atoms with Crippen LogP contribution >= 0.6 is 39.7 Å². The van der Waals surface area contributed by atoms with E-state index in [0.29, 0.717) is 0 Å². The minimum Gasteiger partial charge on any atom is -0.781 e. The molecule has 0 aromatic heterocycles. The first-order chi connectivity index (χ1) is 4.54. The molecule has 72 valence electrons. The topological polar surface area (TPSA) is 89.5 Å². The van der Waals surface area contributed by atoms with Crippen LogP contribution in [0, 0.1) is 0 Å². The molecule has 0 aliphatic carbocycles. The van der Waals surface area contributed by atoms with Gasteiger partial charge in [-0.2, -0.15) is 0 Å². The molecule has 0 aromatic rings. The Labute approximate surface area is 88.6 Å². The molecule has 0 heterocycles. The summed E-state index contributed by atoms with van der Waals surface area (Å²) in [5.74, 6) is 0. The first-order valence-corrected chi connectivity index (χ1v) is 5.28. The van der Waals surface area contributed by atoms with Crippen molar-refractivity contribution in [2.24, 2.45) is 0 Å². The zero-order chi connectivity index (χ0) is 8.57. The molecule has 0 fully saturated rings. The molecule has 0 aliphatic heterocycles. The SMILES string of the molecule is ClCCl.O=[PH]([O-])O[PH](=O)[O-].[Pd+2]. The summed E-state index contributed by atoms with van der Waals surface area (Å²) in [5.41, 5.74) is 0. The molecule has 0 saturated carbocycles. The van der Waals surface area contributed by atoms with Gasteiger partial charge >= 0.3 is 20.4 Å². The second kappa shape index (κ2) is 14.1. The Kier molecular flexibility index (Phi) is 23.6. The quantitative estimate of drug-likeness (QED) is 0.400. The zero-order valence-electron chi connectivity index (χ0n) is 4.82. The molecule has 0 spiro atoms. The zero-order valence-corrected chi connectivity index (χ0v) is 9.89. The summed E-state index contributed by atoms with van der Waals surface area (Å²) >= 11 is 9.53. The van der Waals surface area contributed by atoms with Crippen LogP contribution < -0.4 is 9.79 Å². The van der Waals surface area contributed by atoms with Gasteiger partial charge in [-0.3, -0.25) is 4.31 Å². The molecule has 0 rings (SSSR count). The van der Waals surface area contributed by atoms with E-state index in [9.17, 15) is 18.9 Å². The van der Waals surface area contributed by atoms with E-state index >= 15 is 0 Å². The Balaban J connectivity index is -0.000000140. The fourth-order valence-corrected chi connectivity index (χ4v) is 0.612. The summed E-state index contributed by atoms with van der Waals surface area (Å²) < 4.78 is 21.8. The van der Waals surface area contributed by atoms with Gasteiger partial charge in [0.25, 0.3) is 0 Å². The van der Waals surface area contributed by atoms with Gasteiger partial charge in [0.05, 0.1) is 5.34 Å². The van der Waals surface area contributed by atoms with Gasteiger partial charge in [-0.05, 0) is 0 Å². The van der Waals surface area contributed by atoms with Gasteiger partial charge in [-0.25, -0.2) is 0 Å². The van der Waals surface area contributed by atoms with Crippen LogP contribution in [0.5, 0.6) is 0 Å². The van der Waals surface area contributed by atoms with Crippen LogP contribution in [-0.4, -0.2) is 5.34 Å². The Morgan fingerprint density at radius 1 is 1.18 bits per heavy atom. The van der Waals surface area contributed by atoms with Crippen molar-refractivity contribution in [3.63, 3.8) is 0 Å². The van der Waals surface area contributed by atoms with Gasteiger partial charge in [0.2, 0.25) is 0 Å². The normalized spacial score (nSPS) is 13.5. The number of hydrogen-bond acceptors (Lipinski definition) is 5. The maximum Gasteiger partial charge on any atom is 2.00 e. The van der Waals surface area contributed by atoms with Crippen LogP contribution in [0.15, 0.2) is 0 Å². The summed E-state index contributed by atoms with van der Waals surface area (Å²) in [5, 5.41) is 0.194. The largest absolute Gasteiger partial charge is 2.00 e. The first kappa shape index (κ1) is 18.4. The first-order valence-electron chi connectivity index (χ1n) is 1.76. The van der Waals surface area contributed by atoms with Crippen molar-refractivity contribution in [3.05, 3.63) is 0 Å². The van der Waals surface area contributed by atoms with Crippen molar-refractivity contribution in [2.45, 2.75) is 0 Å². The summed E-state index contributed by atoms with van der Waals surface area (Å²) in [7, 11) is -7.03. The van der Waals surface area contributed by atoms with Gasteiger partial charge in [-0.1, -0.05) is 0 Å². The monoisotopic (exact) mass is 334 g/mol. The molecule has 2 unspecified atom stereocenters. The molecular weight excluding hydrogens is 331 g/mol. The maximum atomic E-state index is 9.29. The molecule has 0 aliphatic rings. The third-order valence-corrected chi connectivity index (χ3v) is 1.50. The van der Waals surface area contributed by atoms with E-state index < -0.39 is 16.5 Å². The van der Waals surface area contributed by atoms with E-state index in [-0.39, 0.29) is 25.8 Å². The van der Waals surface area contributed by atoms with Gasteiger partial charge in [-0.15, -0.1) is 23.2 Å². The maximum absolute atomic E-state index is 9.29. The Hall–Kier alpha value is 1.58. The van der Waals surface area contributed by atoms with Gasteiger partial charge in [0, 0.05) is 0 Å². The van der Waals surface area contributed by atoms with E-state index in [0.717, 1.165) is 0 Å². The average molecular weight is 335 g/mol. The summed E-state index contributed by atoms with van der Waals surface area (Å²) in [6, 6.07) is 0. The van der Waals surface area contributed by atoms with Gasteiger partial charge in [0.1, 0.15) is 16.5 Å². The molecule has 11 heavy (non-hydrogen) atoms. The molecule has 0 N–H and O–H groups in total. The molecule has 0 saturated heterocycles. The van der Waals surface area contributed by atoms with Gasteiger partial charge < -0.3 is 18.9 Å². The molecule has 0 aromatic carbocycles. The third kappa shape index (κ3) is 34.1. The standard InChI is InChI=1S/CH2Cl2.H4O5P2.Pd/c2-1-3;1-6(2)5-7(3)4;/h1H2;6-7H,(H,1,2)(H,3,4);/q;;+2/p-2. The molecule has 2 atom stereocenters. The van der Waals surface area contributed by atoms with Crippen molar-refractivity contribution in [1.82, 2.24) is 0 Å². The summed E-state index contributed by atoms with van der Waals surface area (Å²) in [6.45, 7) is 0. The van der Waals surface area contributed by atoms with E-state index in [1.807, 2.05) is 0 Å². The summed E-state index contributed by atoms with van der Waals surface area (Å²) in [4.78, 5) is 18.6. The Morgan fingerprint density at radius 2 is 1.36 bits per heavy atom. The second-order valence-corrected chi connectivity index (χ2v) is 3.33. The van der Waals surface area contributed by atoms with Crippen molar-refractivity contribution < 1.29 is 43.7 Å². The molecular formula is CH4Cl2O5P2Pd. The van der Waals surface area contributed by atoms with Crippen LogP contribution in [0.1, 0.15) is 0 Å². The molecule has 10 heteroatoms. The van der Waals surface area contributed by atoms with Crippen LogP contribution in [0.4, 0.5) is 0 Å². The third-order valence-electron chi connectivity index (χ3n) is 0.167. The molecule has 0 bridgehead atoms. The van der Waals surface area contributed by atoms with E-state index in [1.54, 1.807) is 0 Å². The Bertz CT molecular complexity index is 109. The van der Waals surface area contributed by atoms with Crippen molar-refractivity contribution in [2.75, 3.05) is 5.34 Å². The van der Waals surface area contributed by atoms with E-state index in [4.69, 9.17) is 23.2 Å². The minimum absolute atomic E-state index is 0. The molecule has 5 nitrogen and oxygen atoms in total. The summed E-state index contributed by atoms with van der Waals surface area (Å²) in [6.07, 6.45) is 0. The number of alkyl halides is 2. The average Bonchev–Trinajstić information content (AvgIpc) is 1.62. The number of hydrogen-bond donors (Lipinski definition) is 0. The van der Waals surface area contributed by atoms with Crippen molar-refractivity contribution >= 4 is 39.7 Å². The fraction of sp³-hybridized carbons (Fsp3) is 1.00. The smallest absolute Gasteiger partial charge is 0.781 e. The van der Waals surface area contributed by atoms with Crippen LogP contribution in [0.25, 0.3) is 0 Å². The van der Waals surface area contributed by atoms with Crippen molar-refractivity contribution in [1.29, 1.82) is 0 Å². The predicted octanol–water partition coefficient (Wildman–Crippen LogP) is -0.0780. The van der Waals surface area contributed by atoms with Crippen LogP contribution in [-0.2, 0) is 33.9 Å². The predicted molar refractivity (Wildman–Crippen MR) is 35.7 cm³/mol. The number of halogens is 2. The van der Waals surface area contributed by atoms with Crippen LogP contribution in [0.3, 0.4) is 0 Å². The van der Waals surface area contributed by atoms with E-state index in [1.165, 1.54) is 0 Å². The fourth-order valence-electron chi connectivity index (χ4n) is 0.0680. The molecule has 0 radical (unpaired) electrons. The minimum atomic E-state index is -3.51. The number of rotatable bonds is 2. The van der Waals surface area contributed by atoms with Crippen molar-refractivity contribution in [3.8, 4) is 0 Å². The van der Waals surface area contributed by atoms with Crippen LogP contribution in [0.2, 0.25) is 0 Å². The van der Waals surface area contributed by atoms with E-state index in [2.05, 4.69) is 4.31 Å². The molecule has 0 amide bonds. The van der Waals surface area contributed by atoms with Gasteiger partial charge in [0.15, 0.2) is 0 Å². The second-order valence-electron chi connectivity index (χ2n) is 0.703.